The smallest absolute Gasteiger partial charge is 0.331 e. The van der Waals surface area contributed by atoms with Gasteiger partial charge in [0.2, 0.25) is 5.91 Å². The molecule has 2 aliphatic rings. The van der Waals surface area contributed by atoms with E-state index in [0.29, 0.717) is 30.1 Å². The number of allylic oxidation sites excluding steroid dienone is 2. The summed E-state index contributed by atoms with van der Waals surface area (Å²) in [6, 6.07) is 1.67. The van der Waals surface area contributed by atoms with Crippen LogP contribution in [0.1, 0.15) is 36.4 Å². The topological polar surface area (TPSA) is 110 Å². The van der Waals surface area contributed by atoms with Gasteiger partial charge in [-0.25, -0.2) is 9.78 Å². The molecule has 0 unspecified atom stereocenters. The quantitative estimate of drug-likeness (QED) is 0.440. The number of fused-ring (bicyclic) bond motifs is 1. The number of likely N-dealkylation sites (N-methyl/N-ethyl adjacent to an activating group) is 1. The molecule has 2 radical (unpaired) electrons. The molecule has 1 saturated carbocycles. The van der Waals surface area contributed by atoms with E-state index in [1.807, 2.05) is 16.7 Å². The SMILES string of the molecule is [B]/C(N)=C/C(=C\N)CCc1cn2cc(C3CC3)cc(N3CC(=O)N(C)C3=O)c2n1. The maximum Gasteiger partial charge on any atom is 0.331 e. The lowest BCUT2D eigenvalue weighted by Gasteiger charge is -2.17. The van der Waals surface area contributed by atoms with Crippen molar-refractivity contribution in [3.05, 3.63) is 53.2 Å². The molecule has 4 N–H and O–H groups in total. The van der Waals surface area contributed by atoms with Crippen molar-refractivity contribution in [3.63, 3.8) is 0 Å². The summed E-state index contributed by atoms with van der Waals surface area (Å²) in [6.45, 7) is 0.0297. The molecule has 0 bridgehead atoms. The summed E-state index contributed by atoms with van der Waals surface area (Å²) in [5.41, 5.74) is 15.5. The fourth-order valence-electron chi connectivity index (χ4n) is 3.59. The molecule has 8 nitrogen and oxygen atoms in total. The number of anilines is 1. The van der Waals surface area contributed by atoms with Gasteiger partial charge in [-0.1, -0.05) is 0 Å². The number of nitrogens with zero attached hydrogens (tertiary/aromatic N) is 4. The summed E-state index contributed by atoms with van der Waals surface area (Å²) < 4.78 is 1.95. The summed E-state index contributed by atoms with van der Waals surface area (Å²) in [7, 11) is 7.03. The lowest BCUT2D eigenvalue weighted by atomic mass is 10.0. The Morgan fingerprint density at radius 2 is 2.10 bits per heavy atom. The second-order valence-corrected chi connectivity index (χ2v) is 7.60. The molecule has 9 heteroatoms. The average Bonchev–Trinajstić information content (AvgIpc) is 3.41. The van der Waals surface area contributed by atoms with Crippen LogP contribution >= 0.6 is 0 Å². The van der Waals surface area contributed by atoms with E-state index in [1.165, 1.54) is 18.1 Å². The zero-order valence-corrected chi connectivity index (χ0v) is 16.3. The van der Waals surface area contributed by atoms with Crippen LogP contribution in [-0.2, 0) is 11.2 Å². The number of hydrogen-bond acceptors (Lipinski definition) is 5. The highest BCUT2D eigenvalue weighted by Gasteiger charge is 2.36. The Labute approximate surface area is 170 Å². The van der Waals surface area contributed by atoms with Gasteiger partial charge in [-0.3, -0.25) is 14.6 Å². The van der Waals surface area contributed by atoms with Crippen LogP contribution in [0.15, 0.2) is 41.9 Å². The minimum atomic E-state index is -0.327. The highest BCUT2D eigenvalue weighted by atomic mass is 16.2. The summed E-state index contributed by atoms with van der Waals surface area (Å²) in [6.07, 6.45) is 10.7. The molecule has 0 aromatic carbocycles. The van der Waals surface area contributed by atoms with Gasteiger partial charge >= 0.3 is 6.03 Å². The molecule has 0 spiro atoms. The highest BCUT2D eigenvalue weighted by Crippen LogP contribution is 2.42. The predicted molar refractivity (Wildman–Crippen MR) is 111 cm³/mol. The monoisotopic (exact) mass is 390 g/mol. The first-order valence-corrected chi connectivity index (χ1v) is 9.60. The van der Waals surface area contributed by atoms with Gasteiger partial charge in [-0.05, 0) is 66.7 Å². The van der Waals surface area contributed by atoms with E-state index in [9.17, 15) is 9.59 Å². The first-order valence-electron chi connectivity index (χ1n) is 9.60. The number of urea groups is 1. The third kappa shape index (κ3) is 3.72. The summed E-state index contributed by atoms with van der Waals surface area (Å²) in [5, 5.41) is 0. The number of nitrogens with two attached hydrogens (primary N) is 2. The number of imide groups is 1. The van der Waals surface area contributed by atoms with Gasteiger partial charge in [-0.2, -0.15) is 0 Å². The Bertz CT molecular complexity index is 1050. The molecular weight excluding hydrogens is 367 g/mol. The molecule has 1 aliphatic heterocycles. The van der Waals surface area contributed by atoms with Crippen molar-refractivity contribution in [3.8, 4) is 0 Å². The lowest BCUT2D eigenvalue weighted by molar-refractivity contribution is -0.123. The van der Waals surface area contributed by atoms with Gasteiger partial charge in [0.1, 0.15) is 14.4 Å². The van der Waals surface area contributed by atoms with E-state index < -0.39 is 0 Å². The van der Waals surface area contributed by atoms with Crippen LogP contribution in [0.25, 0.3) is 5.65 Å². The number of aryl methyl sites for hydroxylation is 1. The van der Waals surface area contributed by atoms with E-state index in [-0.39, 0.29) is 24.1 Å². The summed E-state index contributed by atoms with van der Waals surface area (Å²) in [4.78, 5) is 32.0. The van der Waals surface area contributed by atoms with E-state index in [2.05, 4.69) is 6.20 Å². The van der Waals surface area contributed by atoms with Gasteiger partial charge in [-0.15, -0.1) is 0 Å². The first-order chi connectivity index (χ1) is 13.9. The zero-order valence-electron chi connectivity index (χ0n) is 16.3. The Balaban J connectivity index is 1.69. The Hall–Kier alpha value is -3.23. The average molecular weight is 390 g/mol. The van der Waals surface area contributed by atoms with E-state index in [1.54, 1.807) is 6.08 Å². The molecule has 2 aromatic heterocycles. The molecule has 1 aliphatic carbocycles. The van der Waals surface area contributed by atoms with Crippen LogP contribution in [0.4, 0.5) is 10.5 Å². The van der Waals surface area contributed by atoms with Gasteiger partial charge in [0.15, 0.2) is 5.65 Å². The van der Waals surface area contributed by atoms with Crippen LogP contribution in [0.3, 0.4) is 0 Å². The van der Waals surface area contributed by atoms with Crippen molar-refractivity contribution in [1.29, 1.82) is 0 Å². The molecule has 4 rings (SSSR count). The van der Waals surface area contributed by atoms with Crippen molar-refractivity contribution in [1.82, 2.24) is 14.3 Å². The normalized spacial score (nSPS) is 18.4. The lowest BCUT2D eigenvalue weighted by Crippen LogP contribution is -2.30. The maximum atomic E-state index is 12.6. The summed E-state index contributed by atoms with van der Waals surface area (Å²) in [5.74, 6) is 0.278. The Kier molecular flexibility index (Phi) is 4.81. The van der Waals surface area contributed by atoms with Gasteiger partial charge < -0.3 is 15.9 Å². The van der Waals surface area contributed by atoms with Gasteiger partial charge in [0.05, 0.1) is 11.4 Å². The molecule has 148 valence electrons. The number of hydrogen-bond donors (Lipinski definition) is 2. The third-order valence-electron chi connectivity index (χ3n) is 5.36. The van der Waals surface area contributed by atoms with E-state index >= 15 is 0 Å². The predicted octanol–water partition coefficient (Wildman–Crippen LogP) is 1.35. The standard InChI is InChI=1S/C20H23BN6O2/c1-25-18(28)11-27(20(25)29)16-7-14(13-3-4-13)9-26-10-15(24-19(16)26)5-2-12(8-22)6-17(21)23/h6-10,13H,2-5,11,22-23H2,1H3/b12-8-,17-6-. The zero-order chi connectivity index (χ0) is 20.7. The van der Waals surface area contributed by atoms with Crippen LogP contribution in [-0.4, -0.2) is 47.7 Å². The molecule has 3 amide bonds. The first kappa shape index (κ1) is 19.1. The Morgan fingerprint density at radius 3 is 2.69 bits per heavy atom. The van der Waals surface area contributed by atoms with Crippen molar-refractivity contribution in [2.45, 2.75) is 31.6 Å². The van der Waals surface area contributed by atoms with Gasteiger partial charge in [0.25, 0.3) is 0 Å². The molecule has 2 fully saturated rings. The highest BCUT2D eigenvalue weighted by molar-refractivity contribution is 6.21. The number of imidazole rings is 1. The maximum absolute atomic E-state index is 12.6. The number of pyridine rings is 1. The van der Waals surface area contributed by atoms with Crippen LogP contribution in [0.5, 0.6) is 0 Å². The number of amides is 3. The van der Waals surface area contributed by atoms with Crippen molar-refractivity contribution in [2.75, 3.05) is 18.5 Å². The largest absolute Gasteiger partial charge is 0.411 e. The molecule has 0 atom stereocenters. The Morgan fingerprint density at radius 1 is 1.34 bits per heavy atom. The van der Waals surface area contributed by atoms with Crippen LogP contribution in [0.2, 0.25) is 0 Å². The number of aromatic nitrogens is 2. The fraction of sp³-hybridized carbons (Fsp3) is 0.350. The second-order valence-electron chi connectivity index (χ2n) is 7.60. The molecule has 3 heterocycles. The minimum absolute atomic E-state index is 0.0297. The molecule has 2 aromatic rings. The fourth-order valence-corrected chi connectivity index (χ4v) is 3.59. The van der Waals surface area contributed by atoms with Crippen LogP contribution in [0, 0.1) is 0 Å². The van der Waals surface area contributed by atoms with Gasteiger partial charge in [0, 0.05) is 19.4 Å². The summed E-state index contributed by atoms with van der Waals surface area (Å²) >= 11 is 0. The van der Waals surface area contributed by atoms with E-state index in [0.717, 1.165) is 34.6 Å². The van der Waals surface area contributed by atoms with Crippen molar-refractivity contribution < 1.29 is 9.59 Å². The molecular formula is C20H23BN6O2. The molecule has 29 heavy (non-hydrogen) atoms. The molecule has 1 saturated heterocycles. The van der Waals surface area contributed by atoms with Crippen molar-refractivity contribution >= 4 is 31.1 Å². The number of carbonyl (C=O) groups excluding carboxylic acids is 2. The second kappa shape index (κ2) is 7.31. The minimum Gasteiger partial charge on any atom is -0.411 e. The van der Waals surface area contributed by atoms with E-state index in [4.69, 9.17) is 24.3 Å². The van der Waals surface area contributed by atoms with Crippen molar-refractivity contribution in [2.24, 2.45) is 11.5 Å². The third-order valence-corrected chi connectivity index (χ3v) is 5.36. The number of carbonyl (C=O) groups is 2. The van der Waals surface area contributed by atoms with Crippen LogP contribution < -0.4 is 16.4 Å². The number of rotatable bonds is 6.